The lowest BCUT2D eigenvalue weighted by Crippen LogP contribution is -2.40. The van der Waals surface area contributed by atoms with Crippen molar-refractivity contribution in [3.05, 3.63) is 59.3 Å². The molecule has 0 amide bonds. The second-order valence-electron chi connectivity index (χ2n) is 8.64. The van der Waals surface area contributed by atoms with Gasteiger partial charge in [0, 0.05) is 45.0 Å². The highest BCUT2D eigenvalue weighted by Crippen LogP contribution is 2.22. The highest BCUT2D eigenvalue weighted by molar-refractivity contribution is 14.0. The topological polar surface area (TPSA) is 61.8 Å². The van der Waals surface area contributed by atoms with Crippen LogP contribution in [0.1, 0.15) is 37.5 Å². The summed E-state index contributed by atoms with van der Waals surface area (Å²) in [6.07, 6.45) is 2.81. The van der Waals surface area contributed by atoms with Gasteiger partial charge < -0.3 is 20.3 Å². The summed E-state index contributed by atoms with van der Waals surface area (Å²) >= 11 is 0. The van der Waals surface area contributed by atoms with Crippen LogP contribution in [0.15, 0.2) is 47.6 Å². The Morgan fingerprint density at radius 2 is 1.81 bits per heavy atom. The second kappa shape index (κ2) is 12.2. The van der Waals surface area contributed by atoms with Crippen molar-refractivity contribution in [2.75, 3.05) is 44.8 Å². The van der Waals surface area contributed by atoms with Crippen molar-refractivity contribution in [1.82, 2.24) is 15.6 Å². The molecule has 170 valence electrons. The molecule has 0 aliphatic carbocycles. The summed E-state index contributed by atoms with van der Waals surface area (Å²) in [5.74, 6) is 1.83. The van der Waals surface area contributed by atoms with Crippen LogP contribution in [0.4, 0.5) is 5.82 Å². The molecule has 1 aromatic carbocycles. The van der Waals surface area contributed by atoms with Crippen LogP contribution >= 0.6 is 24.0 Å². The summed E-state index contributed by atoms with van der Waals surface area (Å²) in [6, 6.07) is 13.0. The fourth-order valence-corrected chi connectivity index (χ4v) is 3.52. The lowest BCUT2D eigenvalue weighted by molar-refractivity contribution is 0.122. The van der Waals surface area contributed by atoms with E-state index in [4.69, 9.17) is 4.74 Å². The molecule has 0 unspecified atom stereocenters. The molecule has 0 spiro atoms. The van der Waals surface area contributed by atoms with Gasteiger partial charge in [-0.05, 0) is 29.0 Å². The third-order valence-corrected chi connectivity index (χ3v) is 5.37. The summed E-state index contributed by atoms with van der Waals surface area (Å²) in [4.78, 5) is 11.3. The first kappa shape index (κ1) is 25.4. The third kappa shape index (κ3) is 7.64. The number of nitrogens with zero attached hydrogens (tertiary/aromatic N) is 3. The number of pyridine rings is 1. The number of anilines is 1. The largest absolute Gasteiger partial charge is 0.378 e. The smallest absolute Gasteiger partial charge is 0.191 e. The first-order valence-corrected chi connectivity index (χ1v) is 10.8. The minimum atomic E-state index is 0. The van der Waals surface area contributed by atoms with E-state index >= 15 is 0 Å². The molecular formula is C24H36IN5O. The van der Waals surface area contributed by atoms with Gasteiger partial charge in [0.1, 0.15) is 5.82 Å². The second-order valence-corrected chi connectivity index (χ2v) is 8.64. The number of ether oxygens (including phenoxy) is 1. The zero-order valence-electron chi connectivity index (χ0n) is 19.1. The van der Waals surface area contributed by atoms with Gasteiger partial charge in [-0.3, -0.25) is 4.99 Å². The van der Waals surface area contributed by atoms with Crippen LogP contribution in [0.5, 0.6) is 0 Å². The van der Waals surface area contributed by atoms with E-state index in [9.17, 15) is 0 Å². The molecule has 0 bridgehead atoms. The number of rotatable bonds is 6. The molecule has 31 heavy (non-hydrogen) atoms. The lowest BCUT2D eigenvalue weighted by atomic mass is 9.86. The Morgan fingerprint density at radius 1 is 1.10 bits per heavy atom. The molecule has 0 radical (unpaired) electrons. The molecule has 7 heteroatoms. The standard InChI is InChI=1S/C24H35N5O.HI/c1-24(2,3)21-9-7-19(8-10-21)11-13-27-23(25-4)28-18-20-6-5-12-26-22(20)29-14-16-30-17-15-29;/h5-10,12H,11,13-18H2,1-4H3,(H2,25,27,28);1H. The Morgan fingerprint density at radius 3 is 2.45 bits per heavy atom. The fraction of sp³-hybridized carbons (Fsp3) is 0.500. The molecule has 1 aliphatic rings. The van der Waals surface area contributed by atoms with Crippen molar-refractivity contribution in [3.63, 3.8) is 0 Å². The maximum Gasteiger partial charge on any atom is 0.191 e. The number of hydrogen-bond donors (Lipinski definition) is 2. The Balaban J connectivity index is 0.00000341. The Bertz CT molecular complexity index is 827. The van der Waals surface area contributed by atoms with Crippen LogP contribution in [0, 0.1) is 0 Å². The van der Waals surface area contributed by atoms with Crippen LogP contribution in [-0.4, -0.2) is 50.8 Å². The normalized spacial score (nSPS) is 14.7. The van der Waals surface area contributed by atoms with Crippen LogP contribution in [0.2, 0.25) is 0 Å². The highest BCUT2D eigenvalue weighted by atomic mass is 127. The van der Waals surface area contributed by atoms with Crippen molar-refractivity contribution in [3.8, 4) is 0 Å². The van der Waals surface area contributed by atoms with Gasteiger partial charge in [-0.2, -0.15) is 0 Å². The number of guanidine groups is 1. The number of aromatic nitrogens is 1. The van der Waals surface area contributed by atoms with E-state index in [1.54, 1.807) is 7.05 Å². The van der Waals surface area contributed by atoms with Crippen LogP contribution in [-0.2, 0) is 23.1 Å². The zero-order valence-corrected chi connectivity index (χ0v) is 21.5. The third-order valence-electron chi connectivity index (χ3n) is 5.37. The van der Waals surface area contributed by atoms with Crippen LogP contribution in [0.25, 0.3) is 0 Å². The van der Waals surface area contributed by atoms with Gasteiger partial charge in [0.2, 0.25) is 0 Å². The Labute approximate surface area is 203 Å². The van der Waals surface area contributed by atoms with Crippen LogP contribution in [0.3, 0.4) is 0 Å². The average Bonchev–Trinajstić information content (AvgIpc) is 2.76. The zero-order chi connectivity index (χ0) is 21.4. The summed E-state index contributed by atoms with van der Waals surface area (Å²) in [5, 5.41) is 6.84. The average molecular weight is 537 g/mol. The minimum absolute atomic E-state index is 0. The maximum atomic E-state index is 5.47. The SMILES string of the molecule is CN=C(NCCc1ccc(C(C)(C)C)cc1)NCc1cccnc1N1CCOCC1.I. The van der Waals surface area contributed by atoms with Crippen molar-refractivity contribution in [2.45, 2.75) is 39.2 Å². The van der Waals surface area contributed by atoms with Gasteiger partial charge in [-0.1, -0.05) is 51.1 Å². The number of aliphatic imine (C=N–C) groups is 1. The molecule has 0 saturated carbocycles. The van der Waals surface area contributed by atoms with Crippen molar-refractivity contribution >= 4 is 35.8 Å². The molecule has 1 aromatic heterocycles. The van der Waals surface area contributed by atoms with E-state index in [1.807, 2.05) is 12.3 Å². The molecule has 3 rings (SSSR count). The molecule has 1 saturated heterocycles. The van der Waals surface area contributed by atoms with Crippen LogP contribution < -0.4 is 15.5 Å². The van der Waals surface area contributed by atoms with E-state index in [1.165, 1.54) is 16.7 Å². The Kier molecular flexibility index (Phi) is 10.0. The van der Waals surface area contributed by atoms with Gasteiger partial charge in [0.05, 0.1) is 13.2 Å². The van der Waals surface area contributed by atoms with Gasteiger partial charge in [-0.15, -0.1) is 24.0 Å². The van der Waals surface area contributed by atoms with Gasteiger partial charge in [0.15, 0.2) is 5.96 Å². The molecule has 2 N–H and O–H groups in total. The summed E-state index contributed by atoms with van der Waals surface area (Å²) < 4.78 is 5.47. The number of benzene rings is 1. The van der Waals surface area contributed by atoms with Gasteiger partial charge >= 0.3 is 0 Å². The molecule has 2 aromatic rings. The molecule has 0 atom stereocenters. The first-order valence-electron chi connectivity index (χ1n) is 10.8. The first-order chi connectivity index (χ1) is 14.5. The summed E-state index contributed by atoms with van der Waals surface area (Å²) in [6.45, 7) is 11.5. The molecular weight excluding hydrogens is 501 g/mol. The number of hydrogen-bond acceptors (Lipinski definition) is 4. The molecule has 1 aliphatic heterocycles. The maximum absolute atomic E-state index is 5.47. The van der Waals surface area contributed by atoms with E-state index < -0.39 is 0 Å². The van der Waals surface area contributed by atoms with Crippen molar-refractivity contribution in [1.29, 1.82) is 0 Å². The summed E-state index contributed by atoms with van der Waals surface area (Å²) in [7, 11) is 1.81. The highest BCUT2D eigenvalue weighted by Gasteiger charge is 2.16. The van der Waals surface area contributed by atoms with Crippen molar-refractivity contribution < 1.29 is 4.74 Å². The van der Waals surface area contributed by atoms with E-state index in [0.29, 0.717) is 6.54 Å². The minimum Gasteiger partial charge on any atom is -0.378 e. The monoisotopic (exact) mass is 537 g/mol. The predicted octanol–water partition coefficient (Wildman–Crippen LogP) is 3.74. The fourth-order valence-electron chi connectivity index (χ4n) is 3.52. The van der Waals surface area contributed by atoms with Crippen molar-refractivity contribution in [2.24, 2.45) is 4.99 Å². The molecule has 6 nitrogen and oxygen atoms in total. The lowest BCUT2D eigenvalue weighted by Gasteiger charge is -2.29. The van der Waals surface area contributed by atoms with Gasteiger partial charge in [-0.25, -0.2) is 4.98 Å². The van der Waals surface area contributed by atoms with E-state index in [0.717, 1.165) is 51.0 Å². The number of morpholine rings is 1. The number of nitrogens with one attached hydrogen (secondary N) is 2. The number of halogens is 1. The Hall–Kier alpha value is -1.87. The molecule has 2 heterocycles. The van der Waals surface area contributed by atoms with Gasteiger partial charge in [0.25, 0.3) is 0 Å². The quantitative estimate of drug-likeness (QED) is 0.334. The summed E-state index contributed by atoms with van der Waals surface area (Å²) in [5.41, 5.74) is 4.05. The van der Waals surface area contributed by atoms with E-state index in [2.05, 4.69) is 76.6 Å². The van der Waals surface area contributed by atoms with E-state index in [-0.39, 0.29) is 29.4 Å². The molecule has 1 fully saturated rings. The predicted molar refractivity (Wildman–Crippen MR) is 140 cm³/mol.